The van der Waals surface area contributed by atoms with Crippen LogP contribution in [0.15, 0.2) is 70.5 Å². The topological polar surface area (TPSA) is 64.1 Å². The molecule has 8 heteroatoms. The van der Waals surface area contributed by atoms with E-state index in [2.05, 4.69) is 37.9 Å². The van der Waals surface area contributed by atoms with Gasteiger partial charge in [-0.3, -0.25) is 19.4 Å². The summed E-state index contributed by atoms with van der Waals surface area (Å²) in [5, 5.41) is 11.5. The quantitative estimate of drug-likeness (QED) is 0.491. The van der Waals surface area contributed by atoms with Crippen LogP contribution in [-0.4, -0.2) is 54.5 Å². The van der Waals surface area contributed by atoms with Crippen LogP contribution in [0.1, 0.15) is 21.7 Å². The van der Waals surface area contributed by atoms with Gasteiger partial charge in [-0.1, -0.05) is 36.4 Å². The molecule has 2 aliphatic heterocycles. The number of thiophene rings is 1. The van der Waals surface area contributed by atoms with Crippen molar-refractivity contribution in [1.29, 1.82) is 0 Å². The van der Waals surface area contributed by atoms with Crippen LogP contribution in [0.2, 0.25) is 0 Å². The van der Waals surface area contributed by atoms with Crippen LogP contribution >= 0.6 is 27.3 Å². The Hall–Kier alpha value is -2.52. The van der Waals surface area contributed by atoms with Gasteiger partial charge in [-0.25, -0.2) is 0 Å². The van der Waals surface area contributed by atoms with E-state index in [4.69, 9.17) is 0 Å². The Morgan fingerprint density at radius 1 is 0.970 bits per heavy atom. The number of para-hydroxylation sites is 2. The first kappa shape index (κ1) is 22.3. The molecule has 1 atom stereocenters. The van der Waals surface area contributed by atoms with E-state index in [0.29, 0.717) is 22.8 Å². The van der Waals surface area contributed by atoms with Gasteiger partial charge in [-0.15, -0.1) is 11.3 Å². The number of rotatable bonds is 6. The van der Waals surface area contributed by atoms with E-state index in [9.17, 15) is 14.7 Å². The van der Waals surface area contributed by atoms with Gasteiger partial charge < -0.3 is 10.0 Å². The first-order valence-electron chi connectivity index (χ1n) is 10.9. The molecule has 1 unspecified atom stereocenters. The van der Waals surface area contributed by atoms with Crippen molar-refractivity contribution >= 4 is 50.3 Å². The van der Waals surface area contributed by atoms with E-state index < -0.39 is 11.5 Å². The van der Waals surface area contributed by atoms with Crippen molar-refractivity contribution in [3.63, 3.8) is 0 Å². The molecule has 1 N–H and O–H groups in total. The average Bonchev–Trinajstić information content (AvgIpc) is 3.36. The normalized spacial score (nSPS) is 20.8. The smallest absolute Gasteiger partial charge is 0.265 e. The second-order valence-electron chi connectivity index (χ2n) is 8.40. The number of carbonyl (C=O) groups is 2. The van der Waals surface area contributed by atoms with Crippen molar-refractivity contribution < 1.29 is 14.7 Å². The van der Waals surface area contributed by atoms with Gasteiger partial charge in [-0.2, -0.15) is 0 Å². The van der Waals surface area contributed by atoms with Gasteiger partial charge in [-0.05, 0) is 46.3 Å². The van der Waals surface area contributed by atoms with Crippen LogP contribution in [0.5, 0.6) is 0 Å². The van der Waals surface area contributed by atoms with Gasteiger partial charge in [0.15, 0.2) is 11.4 Å². The molecule has 170 valence electrons. The lowest BCUT2D eigenvalue weighted by Gasteiger charge is -2.38. The summed E-state index contributed by atoms with van der Waals surface area (Å²) in [7, 11) is 0. The standard InChI is InChI=1S/C25H24BrN3O3S/c26-23-11-10-22(33-23)21(30)16-25(32)19-8-4-5-9-20(19)29(24(25)31)17-27-12-14-28(15-13-27)18-6-2-1-3-7-18/h1-11,32H,12-17H2. The van der Waals surface area contributed by atoms with E-state index in [-0.39, 0.29) is 12.2 Å². The molecule has 6 nitrogen and oxygen atoms in total. The number of piperazine rings is 1. The molecule has 33 heavy (non-hydrogen) atoms. The fourth-order valence-electron chi connectivity index (χ4n) is 4.59. The number of Topliss-reactive ketones (excluding diaryl/α,β-unsaturated/α-hetero) is 1. The maximum absolute atomic E-state index is 13.5. The van der Waals surface area contributed by atoms with Gasteiger partial charge in [0.1, 0.15) is 0 Å². The van der Waals surface area contributed by atoms with Crippen molar-refractivity contribution in [3.05, 3.63) is 81.0 Å². The molecule has 1 aromatic heterocycles. The number of hydrogen-bond acceptors (Lipinski definition) is 6. The summed E-state index contributed by atoms with van der Waals surface area (Å²) in [6.45, 7) is 3.73. The van der Waals surface area contributed by atoms with Crippen molar-refractivity contribution in [3.8, 4) is 0 Å². The number of benzene rings is 2. The van der Waals surface area contributed by atoms with Gasteiger partial charge in [0, 0.05) is 37.4 Å². The first-order chi connectivity index (χ1) is 16.0. The lowest BCUT2D eigenvalue weighted by atomic mass is 9.89. The average molecular weight is 526 g/mol. The summed E-state index contributed by atoms with van der Waals surface area (Å²) in [5.41, 5.74) is 0.529. The summed E-state index contributed by atoms with van der Waals surface area (Å²) in [6, 6.07) is 21.1. The number of nitrogens with zero attached hydrogens (tertiary/aromatic N) is 3. The lowest BCUT2D eigenvalue weighted by molar-refractivity contribution is -0.136. The van der Waals surface area contributed by atoms with Crippen LogP contribution in [0, 0.1) is 0 Å². The monoisotopic (exact) mass is 525 g/mol. The van der Waals surface area contributed by atoms with Crippen molar-refractivity contribution in [2.45, 2.75) is 12.0 Å². The molecule has 1 amide bonds. The minimum atomic E-state index is -1.85. The second-order valence-corrected chi connectivity index (χ2v) is 10.9. The SMILES string of the molecule is O=C(CC1(O)C(=O)N(CN2CCN(c3ccccc3)CC2)c2ccccc21)c1ccc(Br)s1. The van der Waals surface area contributed by atoms with Crippen molar-refractivity contribution in [2.75, 3.05) is 42.6 Å². The number of aliphatic hydroxyl groups is 1. The van der Waals surface area contributed by atoms with Crippen molar-refractivity contribution in [2.24, 2.45) is 0 Å². The summed E-state index contributed by atoms with van der Waals surface area (Å²) in [6.07, 6.45) is -0.270. The Kier molecular flexibility index (Phi) is 6.09. The van der Waals surface area contributed by atoms with E-state index >= 15 is 0 Å². The molecule has 0 spiro atoms. The molecule has 5 rings (SSSR count). The number of amides is 1. The number of fused-ring (bicyclic) bond motifs is 1. The van der Waals surface area contributed by atoms with Crippen LogP contribution in [0.4, 0.5) is 11.4 Å². The zero-order chi connectivity index (χ0) is 23.0. The summed E-state index contributed by atoms with van der Waals surface area (Å²) < 4.78 is 0.840. The predicted molar refractivity (Wildman–Crippen MR) is 134 cm³/mol. The summed E-state index contributed by atoms with van der Waals surface area (Å²) in [5.74, 6) is -0.673. The van der Waals surface area contributed by atoms with Crippen LogP contribution < -0.4 is 9.80 Å². The van der Waals surface area contributed by atoms with E-state index in [0.717, 1.165) is 30.0 Å². The number of hydrogen-bond donors (Lipinski definition) is 1. The van der Waals surface area contributed by atoms with Crippen LogP contribution in [0.3, 0.4) is 0 Å². The molecule has 3 aromatic rings. The lowest BCUT2D eigenvalue weighted by Crippen LogP contribution is -2.52. The molecular weight excluding hydrogens is 502 g/mol. The number of halogens is 1. The molecular formula is C25H24BrN3O3S. The Bertz CT molecular complexity index is 1180. The fraction of sp³-hybridized carbons (Fsp3) is 0.280. The van der Waals surface area contributed by atoms with Crippen LogP contribution in [0.25, 0.3) is 0 Å². The fourth-order valence-corrected chi connectivity index (χ4v) is 5.91. The molecule has 2 aromatic carbocycles. The third-order valence-corrected chi connectivity index (χ3v) is 8.00. The molecule has 0 aliphatic carbocycles. The molecule has 0 radical (unpaired) electrons. The zero-order valence-electron chi connectivity index (χ0n) is 18.0. The number of ketones is 1. The Balaban J connectivity index is 1.32. The number of anilines is 2. The molecule has 2 aliphatic rings. The van der Waals surface area contributed by atoms with E-state index in [1.165, 1.54) is 17.0 Å². The summed E-state index contributed by atoms with van der Waals surface area (Å²) >= 11 is 4.67. The third-order valence-electron chi connectivity index (χ3n) is 6.34. The highest BCUT2D eigenvalue weighted by molar-refractivity contribution is 9.11. The van der Waals surface area contributed by atoms with Gasteiger partial charge in [0.25, 0.3) is 5.91 Å². The first-order valence-corrected chi connectivity index (χ1v) is 12.5. The molecule has 1 saturated heterocycles. The molecule has 0 bridgehead atoms. The zero-order valence-corrected chi connectivity index (χ0v) is 20.4. The number of carbonyl (C=O) groups excluding carboxylic acids is 2. The molecule has 1 fully saturated rings. The van der Waals surface area contributed by atoms with Gasteiger partial charge in [0.2, 0.25) is 0 Å². The summed E-state index contributed by atoms with van der Waals surface area (Å²) in [4.78, 5) is 33.1. The predicted octanol–water partition coefficient (Wildman–Crippen LogP) is 4.10. The Labute approximate surface area is 205 Å². The van der Waals surface area contributed by atoms with Crippen LogP contribution in [-0.2, 0) is 10.4 Å². The third kappa shape index (κ3) is 4.24. The molecule has 0 saturated carbocycles. The Morgan fingerprint density at radius 3 is 2.36 bits per heavy atom. The minimum Gasteiger partial charge on any atom is -0.375 e. The maximum atomic E-state index is 13.5. The minimum absolute atomic E-state index is 0.241. The maximum Gasteiger partial charge on any atom is 0.265 e. The van der Waals surface area contributed by atoms with Gasteiger partial charge >= 0.3 is 0 Å². The Morgan fingerprint density at radius 2 is 1.67 bits per heavy atom. The van der Waals surface area contributed by atoms with Gasteiger partial charge in [0.05, 0.1) is 27.4 Å². The second kappa shape index (κ2) is 9.02. The highest BCUT2D eigenvalue weighted by Crippen LogP contribution is 2.43. The highest BCUT2D eigenvalue weighted by atomic mass is 79.9. The molecule has 3 heterocycles. The van der Waals surface area contributed by atoms with E-state index in [1.807, 2.05) is 30.3 Å². The van der Waals surface area contributed by atoms with E-state index in [1.54, 1.807) is 29.2 Å². The highest BCUT2D eigenvalue weighted by Gasteiger charge is 2.51. The van der Waals surface area contributed by atoms with Crippen molar-refractivity contribution in [1.82, 2.24) is 4.90 Å². The largest absolute Gasteiger partial charge is 0.375 e.